The standard InChI is InChI=1S/C13H17NO2S/c15-10-5-6-14(8-10)13(16)12-7-9-3-1-2-4-11(9)17-12/h7,10,15H,1-6,8H2/t10-/m1/s1. The van der Waals surface area contributed by atoms with Crippen LogP contribution in [0, 0.1) is 0 Å². The average molecular weight is 251 g/mol. The van der Waals surface area contributed by atoms with Gasteiger partial charge in [-0.15, -0.1) is 11.3 Å². The summed E-state index contributed by atoms with van der Waals surface area (Å²) in [6, 6.07) is 2.08. The lowest BCUT2D eigenvalue weighted by molar-refractivity contribution is 0.0769. The van der Waals surface area contributed by atoms with E-state index in [0.717, 1.165) is 24.1 Å². The fraction of sp³-hybridized carbons (Fsp3) is 0.615. The van der Waals surface area contributed by atoms with Gasteiger partial charge in [0.1, 0.15) is 0 Å². The number of thiophene rings is 1. The number of aryl methyl sites for hydroxylation is 2. The molecule has 1 aliphatic carbocycles. The van der Waals surface area contributed by atoms with Gasteiger partial charge in [0, 0.05) is 18.0 Å². The maximum atomic E-state index is 12.2. The van der Waals surface area contributed by atoms with Crippen molar-refractivity contribution in [3.8, 4) is 0 Å². The summed E-state index contributed by atoms with van der Waals surface area (Å²) in [4.78, 5) is 16.3. The van der Waals surface area contributed by atoms with E-state index in [1.54, 1.807) is 16.2 Å². The molecule has 0 unspecified atom stereocenters. The predicted molar refractivity (Wildman–Crippen MR) is 67.5 cm³/mol. The minimum atomic E-state index is -0.325. The molecule has 92 valence electrons. The summed E-state index contributed by atoms with van der Waals surface area (Å²) in [5.41, 5.74) is 1.38. The van der Waals surface area contributed by atoms with E-state index in [-0.39, 0.29) is 12.0 Å². The number of rotatable bonds is 1. The summed E-state index contributed by atoms with van der Waals surface area (Å²) in [6.45, 7) is 1.20. The lowest BCUT2D eigenvalue weighted by Gasteiger charge is -2.13. The molecular formula is C13H17NO2S. The van der Waals surface area contributed by atoms with Gasteiger partial charge in [0.2, 0.25) is 0 Å². The van der Waals surface area contributed by atoms with Crippen LogP contribution in [0.15, 0.2) is 6.07 Å². The smallest absolute Gasteiger partial charge is 0.264 e. The molecule has 2 aliphatic rings. The van der Waals surface area contributed by atoms with E-state index in [2.05, 4.69) is 6.07 Å². The number of β-amino-alcohol motifs (C(OH)–C–C–N with tert-alkyl or cyclic N) is 1. The summed E-state index contributed by atoms with van der Waals surface area (Å²) in [5.74, 6) is 0.112. The number of fused-ring (bicyclic) bond motifs is 1. The van der Waals surface area contributed by atoms with E-state index in [1.165, 1.54) is 23.3 Å². The van der Waals surface area contributed by atoms with E-state index in [9.17, 15) is 9.90 Å². The SMILES string of the molecule is O=C(c1cc2c(s1)CCCC2)N1CC[C@@H](O)C1. The molecule has 2 heterocycles. The molecule has 3 nitrogen and oxygen atoms in total. The van der Waals surface area contributed by atoms with Gasteiger partial charge in [0.05, 0.1) is 11.0 Å². The molecule has 0 spiro atoms. The molecule has 1 aromatic heterocycles. The molecule has 17 heavy (non-hydrogen) atoms. The number of carbonyl (C=O) groups excluding carboxylic acids is 1. The van der Waals surface area contributed by atoms with E-state index in [1.807, 2.05) is 0 Å². The number of hydrogen-bond donors (Lipinski definition) is 1. The summed E-state index contributed by atoms with van der Waals surface area (Å²) >= 11 is 1.66. The summed E-state index contributed by atoms with van der Waals surface area (Å²) < 4.78 is 0. The van der Waals surface area contributed by atoms with Crippen LogP contribution in [0.2, 0.25) is 0 Å². The highest BCUT2D eigenvalue weighted by Gasteiger charge is 2.27. The molecule has 1 N–H and O–H groups in total. The van der Waals surface area contributed by atoms with Gasteiger partial charge in [-0.1, -0.05) is 0 Å². The number of nitrogens with zero attached hydrogens (tertiary/aromatic N) is 1. The van der Waals surface area contributed by atoms with E-state index < -0.39 is 0 Å². The Kier molecular flexibility index (Phi) is 2.92. The van der Waals surface area contributed by atoms with E-state index in [4.69, 9.17) is 0 Å². The highest BCUT2D eigenvalue weighted by molar-refractivity contribution is 7.14. The molecule has 1 aliphatic heterocycles. The Morgan fingerprint density at radius 2 is 2.24 bits per heavy atom. The van der Waals surface area contributed by atoms with Crippen molar-refractivity contribution in [3.05, 3.63) is 21.4 Å². The third kappa shape index (κ3) is 2.11. The maximum absolute atomic E-state index is 12.2. The summed E-state index contributed by atoms with van der Waals surface area (Å²) in [7, 11) is 0. The zero-order valence-corrected chi connectivity index (χ0v) is 10.6. The monoisotopic (exact) mass is 251 g/mol. The second-order valence-electron chi connectivity index (χ2n) is 4.96. The van der Waals surface area contributed by atoms with Crippen LogP contribution in [0.4, 0.5) is 0 Å². The lowest BCUT2D eigenvalue weighted by atomic mass is 9.99. The Hall–Kier alpha value is -0.870. The number of hydrogen-bond acceptors (Lipinski definition) is 3. The van der Waals surface area contributed by atoms with Gasteiger partial charge in [-0.3, -0.25) is 4.79 Å². The van der Waals surface area contributed by atoms with Crippen LogP contribution < -0.4 is 0 Å². The number of aliphatic hydroxyl groups excluding tert-OH is 1. The summed E-state index contributed by atoms with van der Waals surface area (Å²) in [5, 5.41) is 9.47. The van der Waals surface area contributed by atoms with Crippen molar-refractivity contribution in [2.24, 2.45) is 0 Å². The zero-order chi connectivity index (χ0) is 11.8. The van der Waals surface area contributed by atoms with Crippen molar-refractivity contribution in [1.29, 1.82) is 0 Å². The normalized spacial score (nSPS) is 23.8. The number of carbonyl (C=O) groups is 1. The fourth-order valence-electron chi connectivity index (χ4n) is 2.68. The maximum Gasteiger partial charge on any atom is 0.264 e. The molecule has 0 saturated carbocycles. The number of likely N-dealkylation sites (tertiary alicyclic amines) is 1. The fourth-order valence-corrected chi connectivity index (χ4v) is 3.90. The minimum absolute atomic E-state index is 0.112. The van der Waals surface area contributed by atoms with Crippen LogP contribution in [-0.4, -0.2) is 35.1 Å². The highest BCUT2D eigenvalue weighted by atomic mass is 32.1. The van der Waals surface area contributed by atoms with Crippen LogP contribution in [0.5, 0.6) is 0 Å². The molecule has 0 radical (unpaired) electrons. The molecular weight excluding hydrogens is 234 g/mol. The first-order valence-electron chi connectivity index (χ1n) is 6.33. The Balaban J connectivity index is 1.79. The molecule has 1 atom stereocenters. The van der Waals surface area contributed by atoms with Gasteiger partial charge in [-0.2, -0.15) is 0 Å². The van der Waals surface area contributed by atoms with Gasteiger partial charge in [-0.05, 0) is 43.7 Å². The van der Waals surface area contributed by atoms with Crippen molar-refractivity contribution < 1.29 is 9.90 Å². The van der Waals surface area contributed by atoms with Gasteiger partial charge in [0.25, 0.3) is 5.91 Å². The van der Waals surface area contributed by atoms with Crippen molar-refractivity contribution in [3.63, 3.8) is 0 Å². The van der Waals surface area contributed by atoms with Crippen molar-refractivity contribution >= 4 is 17.2 Å². The van der Waals surface area contributed by atoms with Crippen LogP contribution >= 0.6 is 11.3 Å². The topological polar surface area (TPSA) is 40.5 Å². The van der Waals surface area contributed by atoms with Crippen LogP contribution in [0.25, 0.3) is 0 Å². The summed E-state index contributed by atoms with van der Waals surface area (Å²) in [6.07, 6.45) is 5.16. The quantitative estimate of drug-likeness (QED) is 0.827. The third-order valence-corrected chi connectivity index (χ3v) is 4.88. The second-order valence-corrected chi connectivity index (χ2v) is 6.10. The van der Waals surface area contributed by atoms with Crippen molar-refractivity contribution in [2.45, 2.75) is 38.2 Å². The van der Waals surface area contributed by atoms with E-state index >= 15 is 0 Å². The molecule has 0 bridgehead atoms. The van der Waals surface area contributed by atoms with Crippen LogP contribution in [0.1, 0.15) is 39.4 Å². The second kappa shape index (κ2) is 4.42. The first kappa shape index (κ1) is 11.2. The van der Waals surface area contributed by atoms with Crippen molar-refractivity contribution in [1.82, 2.24) is 4.90 Å². The largest absolute Gasteiger partial charge is 0.391 e. The highest BCUT2D eigenvalue weighted by Crippen LogP contribution is 2.30. The average Bonchev–Trinajstić information content (AvgIpc) is 2.93. The Morgan fingerprint density at radius 1 is 1.41 bits per heavy atom. The van der Waals surface area contributed by atoms with Gasteiger partial charge in [-0.25, -0.2) is 0 Å². The number of aliphatic hydroxyl groups is 1. The van der Waals surface area contributed by atoms with E-state index in [0.29, 0.717) is 13.1 Å². The van der Waals surface area contributed by atoms with Gasteiger partial charge in [0.15, 0.2) is 0 Å². The van der Waals surface area contributed by atoms with Gasteiger partial charge < -0.3 is 10.0 Å². The lowest BCUT2D eigenvalue weighted by Crippen LogP contribution is -2.28. The Labute approximate surface area is 105 Å². The number of amides is 1. The first-order valence-corrected chi connectivity index (χ1v) is 7.14. The first-order chi connectivity index (χ1) is 8.24. The molecule has 4 heteroatoms. The predicted octanol–water partition coefficient (Wildman–Crippen LogP) is 1.83. The zero-order valence-electron chi connectivity index (χ0n) is 9.82. The van der Waals surface area contributed by atoms with Crippen LogP contribution in [0.3, 0.4) is 0 Å². The third-order valence-electron chi connectivity index (χ3n) is 3.66. The van der Waals surface area contributed by atoms with Crippen molar-refractivity contribution in [2.75, 3.05) is 13.1 Å². The molecule has 1 fully saturated rings. The van der Waals surface area contributed by atoms with Gasteiger partial charge >= 0.3 is 0 Å². The molecule has 3 rings (SSSR count). The molecule has 0 aromatic carbocycles. The Bertz CT molecular complexity index is 417. The molecule has 1 saturated heterocycles. The minimum Gasteiger partial charge on any atom is -0.391 e. The Morgan fingerprint density at radius 3 is 2.94 bits per heavy atom. The molecule has 1 aromatic rings. The van der Waals surface area contributed by atoms with Crippen LogP contribution in [-0.2, 0) is 12.8 Å². The molecule has 1 amide bonds.